The summed E-state index contributed by atoms with van der Waals surface area (Å²) in [5.74, 6) is -0.310. The first-order valence-corrected chi connectivity index (χ1v) is 9.57. The number of ketones is 1. The largest absolute Gasteiger partial charge is 0.288 e. The van der Waals surface area contributed by atoms with Gasteiger partial charge in [-0.3, -0.25) is 14.5 Å². The quantitative estimate of drug-likeness (QED) is 0.670. The molecule has 1 aromatic heterocycles. The number of aryl methyl sites for hydroxylation is 1. The molecule has 0 atom stereocenters. The smallest absolute Gasteiger partial charge is 0.261 e. The minimum absolute atomic E-state index is 0.0576. The normalized spacial score (nSPS) is 11.2. The molecule has 1 N–H and O–H groups in total. The molecule has 2 aromatic carbocycles. The van der Waals surface area contributed by atoms with E-state index >= 15 is 0 Å². The maximum Gasteiger partial charge on any atom is 0.261 e. The van der Waals surface area contributed by atoms with Crippen molar-refractivity contribution >= 4 is 33.1 Å². The molecule has 0 aliphatic heterocycles. The Morgan fingerprint density at radius 2 is 1.81 bits per heavy atom. The number of rotatable bonds is 5. The number of halogens is 1. The van der Waals surface area contributed by atoms with Crippen LogP contribution in [0.15, 0.2) is 71.9 Å². The number of hydrogen-bond donors (Lipinski definition) is 1. The molecule has 0 aliphatic carbocycles. The Bertz CT molecular complexity index is 1050. The van der Waals surface area contributed by atoms with Crippen LogP contribution in [0, 0.1) is 6.92 Å². The maximum atomic E-state index is 12.8. The topological polar surface area (TPSA) is 76.1 Å². The van der Waals surface area contributed by atoms with Crippen LogP contribution in [0.3, 0.4) is 0 Å². The zero-order valence-electron chi connectivity index (χ0n) is 13.8. The highest BCUT2D eigenvalue weighted by atomic mass is 35.5. The average Bonchev–Trinajstić information content (AvgIpc) is 2.63. The van der Waals surface area contributed by atoms with Crippen molar-refractivity contribution in [3.63, 3.8) is 0 Å². The van der Waals surface area contributed by atoms with Crippen LogP contribution in [0.25, 0.3) is 0 Å². The zero-order chi connectivity index (χ0) is 18.7. The van der Waals surface area contributed by atoms with Gasteiger partial charge in [0.2, 0.25) is 0 Å². The monoisotopic (exact) mass is 386 g/mol. The fraction of sp³-hybridized carbons (Fsp3) is 0.0526. The van der Waals surface area contributed by atoms with E-state index in [4.69, 9.17) is 11.6 Å². The standard InChI is InChI=1S/C19H15ClN2O3S/c1-13-4-9-18(17(11-13)19(23)14-3-2-10-21-12-14)22-26(24,25)16-7-5-15(20)6-8-16/h2-12,22H,1H3. The van der Waals surface area contributed by atoms with Crippen LogP contribution in [0.4, 0.5) is 5.69 Å². The lowest BCUT2D eigenvalue weighted by atomic mass is 10.0. The minimum atomic E-state index is -3.86. The second-order valence-corrected chi connectivity index (χ2v) is 7.80. The Hall–Kier alpha value is -2.70. The molecule has 0 spiro atoms. The van der Waals surface area contributed by atoms with Gasteiger partial charge in [-0.2, -0.15) is 0 Å². The van der Waals surface area contributed by atoms with Crippen LogP contribution in [0.5, 0.6) is 0 Å². The molecular formula is C19H15ClN2O3S. The van der Waals surface area contributed by atoms with Gasteiger partial charge in [-0.05, 0) is 55.5 Å². The minimum Gasteiger partial charge on any atom is -0.288 e. The fourth-order valence-corrected chi connectivity index (χ4v) is 3.61. The van der Waals surface area contributed by atoms with Crippen molar-refractivity contribution < 1.29 is 13.2 Å². The number of benzene rings is 2. The molecule has 3 rings (SSSR count). The Morgan fingerprint density at radius 3 is 2.46 bits per heavy atom. The number of nitrogens with zero attached hydrogens (tertiary/aromatic N) is 1. The highest BCUT2D eigenvalue weighted by Gasteiger charge is 2.20. The number of nitrogens with one attached hydrogen (secondary N) is 1. The first-order valence-electron chi connectivity index (χ1n) is 7.70. The maximum absolute atomic E-state index is 12.8. The van der Waals surface area contributed by atoms with Crippen molar-refractivity contribution in [2.75, 3.05) is 4.72 Å². The second kappa shape index (κ2) is 7.27. The summed E-state index contributed by atoms with van der Waals surface area (Å²) in [6, 6.07) is 14.0. The van der Waals surface area contributed by atoms with Crippen molar-refractivity contribution in [3.8, 4) is 0 Å². The molecule has 3 aromatic rings. The molecule has 0 fully saturated rings. The van der Waals surface area contributed by atoms with Gasteiger partial charge in [0.25, 0.3) is 10.0 Å². The van der Waals surface area contributed by atoms with E-state index < -0.39 is 10.0 Å². The van der Waals surface area contributed by atoms with E-state index in [1.807, 2.05) is 6.92 Å². The average molecular weight is 387 g/mol. The van der Waals surface area contributed by atoms with Crippen LogP contribution in [0.2, 0.25) is 5.02 Å². The van der Waals surface area contributed by atoms with Crippen LogP contribution >= 0.6 is 11.6 Å². The molecule has 26 heavy (non-hydrogen) atoms. The molecule has 0 aliphatic rings. The van der Waals surface area contributed by atoms with E-state index in [-0.39, 0.29) is 21.9 Å². The summed E-state index contributed by atoms with van der Waals surface area (Å²) < 4.78 is 27.8. The van der Waals surface area contributed by atoms with Gasteiger partial charge in [-0.25, -0.2) is 8.42 Å². The van der Waals surface area contributed by atoms with E-state index in [9.17, 15) is 13.2 Å². The predicted octanol–water partition coefficient (Wildman–Crippen LogP) is 4.08. The van der Waals surface area contributed by atoms with E-state index in [1.54, 1.807) is 36.5 Å². The van der Waals surface area contributed by atoms with E-state index in [0.717, 1.165) is 5.56 Å². The summed E-state index contributed by atoms with van der Waals surface area (Å²) in [7, 11) is -3.86. The lowest BCUT2D eigenvalue weighted by Gasteiger charge is -2.13. The number of aromatic nitrogens is 1. The lowest BCUT2D eigenvalue weighted by Crippen LogP contribution is -2.16. The molecule has 0 bridgehead atoms. The molecule has 0 saturated heterocycles. The first-order chi connectivity index (χ1) is 12.4. The summed E-state index contributed by atoms with van der Waals surface area (Å²) in [6.45, 7) is 1.83. The van der Waals surface area contributed by atoms with Crippen molar-refractivity contribution in [1.82, 2.24) is 4.98 Å². The number of carbonyl (C=O) groups excluding carboxylic acids is 1. The Balaban J connectivity index is 2.01. The Labute approximate surface area is 156 Å². The summed E-state index contributed by atoms with van der Waals surface area (Å²) in [5.41, 5.74) is 1.69. The Morgan fingerprint density at radius 1 is 1.08 bits per heavy atom. The summed E-state index contributed by atoms with van der Waals surface area (Å²) in [5, 5.41) is 0.437. The zero-order valence-corrected chi connectivity index (χ0v) is 15.4. The van der Waals surface area contributed by atoms with E-state index in [1.165, 1.54) is 30.5 Å². The molecule has 0 saturated carbocycles. The van der Waals surface area contributed by atoms with Gasteiger partial charge in [0.1, 0.15) is 0 Å². The molecule has 0 unspecified atom stereocenters. The third-order valence-corrected chi connectivity index (χ3v) is 5.35. The summed E-state index contributed by atoms with van der Waals surface area (Å²) in [4.78, 5) is 16.8. The molecule has 1 heterocycles. The lowest BCUT2D eigenvalue weighted by molar-refractivity contribution is 0.103. The SMILES string of the molecule is Cc1ccc(NS(=O)(=O)c2ccc(Cl)cc2)c(C(=O)c2cccnc2)c1. The number of anilines is 1. The summed E-state index contributed by atoms with van der Waals surface area (Å²) >= 11 is 5.81. The second-order valence-electron chi connectivity index (χ2n) is 5.68. The third kappa shape index (κ3) is 3.92. The molecule has 5 nitrogen and oxygen atoms in total. The molecular weight excluding hydrogens is 372 g/mol. The van der Waals surface area contributed by atoms with Gasteiger partial charge in [0, 0.05) is 28.5 Å². The number of pyridine rings is 1. The van der Waals surface area contributed by atoms with E-state index in [2.05, 4.69) is 9.71 Å². The number of sulfonamides is 1. The van der Waals surface area contributed by atoms with Crippen molar-refractivity contribution in [2.24, 2.45) is 0 Å². The molecule has 132 valence electrons. The predicted molar refractivity (Wildman–Crippen MR) is 101 cm³/mol. The van der Waals surface area contributed by atoms with Crippen molar-refractivity contribution in [3.05, 3.63) is 88.7 Å². The highest BCUT2D eigenvalue weighted by molar-refractivity contribution is 7.92. The van der Waals surface area contributed by atoms with Gasteiger partial charge in [0.05, 0.1) is 10.6 Å². The van der Waals surface area contributed by atoms with Crippen LogP contribution in [-0.4, -0.2) is 19.2 Å². The molecule has 0 radical (unpaired) electrons. The first kappa shape index (κ1) is 18.1. The fourth-order valence-electron chi connectivity index (χ4n) is 2.40. The van der Waals surface area contributed by atoms with Crippen molar-refractivity contribution in [1.29, 1.82) is 0 Å². The van der Waals surface area contributed by atoms with Gasteiger partial charge in [0.15, 0.2) is 5.78 Å². The van der Waals surface area contributed by atoms with Crippen LogP contribution < -0.4 is 4.72 Å². The third-order valence-electron chi connectivity index (χ3n) is 3.71. The number of carbonyl (C=O) groups is 1. The van der Waals surface area contributed by atoms with Crippen LogP contribution in [-0.2, 0) is 10.0 Å². The van der Waals surface area contributed by atoms with E-state index in [0.29, 0.717) is 10.6 Å². The number of hydrogen-bond acceptors (Lipinski definition) is 4. The highest BCUT2D eigenvalue weighted by Crippen LogP contribution is 2.24. The van der Waals surface area contributed by atoms with Gasteiger partial charge < -0.3 is 0 Å². The van der Waals surface area contributed by atoms with Gasteiger partial charge in [-0.15, -0.1) is 0 Å². The van der Waals surface area contributed by atoms with Crippen LogP contribution in [0.1, 0.15) is 21.5 Å². The van der Waals surface area contributed by atoms with Gasteiger partial charge in [-0.1, -0.05) is 23.2 Å². The van der Waals surface area contributed by atoms with Crippen molar-refractivity contribution in [2.45, 2.75) is 11.8 Å². The summed E-state index contributed by atoms with van der Waals surface area (Å²) in [6.07, 6.45) is 3.01. The Kier molecular flexibility index (Phi) is 5.06. The van der Waals surface area contributed by atoms with Gasteiger partial charge >= 0.3 is 0 Å². The molecule has 7 heteroatoms. The molecule has 0 amide bonds.